The lowest BCUT2D eigenvalue weighted by Gasteiger charge is -2.28. The van der Waals surface area contributed by atoms with Crippen molar-refractivity contribution in [1.82, 2.24) is 9.88 Å². The number of fused-ring (bicyclic) bond motifs is 2. The molecule has 5 rings (SSSR count). The van der Waals surface area contributed by atoms with Crippen LogP contribution in [0.3, 0.4) is 0 Å². The van der Waals surface area contributed by atoms with Gasteiger partial charge >= 0.3 is 5.97 Å². The number of nitrogens with zero attached hydrogens (tertiary/aromatic N) is 2. The van der Waals surface area contributed by atoms with E-state index in [0.29, 0.717) is 35.9 Å². The Kier molecular flexibility index (Phi) is 7.94. The number of ether oxygens (including phenoxy) is 2. The smallest absolute Gasteiger partial charge is 0.339 e. The molecule has 1 aliphatic heterocycles. The van der Waals surface area contributed by atoms with Crippen molar-refractivity contribution in [3.63, 3.8) is 0 Å². The second-order valence-electron chi connectivity index (χ2n) is 10.6. The Hall–Kier alpha value is -3.72. The first-order valence-corrected chi connectivity index (χ1v) is 15.4. The van der Waals surface area contributed by atoms with Gasteiger partial charge in [0.1, 0.15) is 5.75 Å². The molecule has 0 spiro atoms. The molecule has 1 fully saturated rings. The minimum absolute atomic E-state index is 0.0514. The van der Waals surface area contributed by atoms with E-state index in [1.807, 2.05) is 48.5 Å². The van der Waals surface area contributed by atoms with E-state index in [2.05, 4.69) is 13.0 Å². The number of esters is 1. The standard InChI is InChI=1S/C31H34N2O6S/c1-4-33(23-13-14-40(36,37)19-23)28(34)18-39-31(35)29-25-7-5-6-8-27(25)32-30-22(15-20(2)16-26(29)30)17-21-9-11-24(38-3)12-10-21/h5-12,17,20,23H,4,13-16,18-19H2,1-3H3. The van der Waals surface area contributed by atoms with Crippen LogP contribution in [0.2, 0.25) is 0 Å². The van der Waals surface area contributed by atoms with Gasteiger partial charge in [0.2, 0.25) is 0 Å². The SMILES string of the molecule is CCN(C(=O)COC(=O)c1c2c(nc3ccccc13)C(=Cc1ccc(OC)cc1)CC(C)C2)C1CCS(=O)(=O)C1. The van der Waals surface area contributed by atoms with Crippen molar-refractivity contribution in [3.8, 4) is 5.75 Å². The molecule has 9 heteroatoms. The van der Waals surface area contributed by atoms with Crippen molar-refractivity contribution >= 4 is 44.3 Å². The number of benzene rings is 2. The van der Waals surface area contributed by atoms with E-state index in [1.165, 1.54) is 4.90 Å². The maximum atomic E-state index is 13.7. The number of para-hydroxylation sites is 1. The minimum atomic E-state index is -3.15. The lowest BCUT2D eigenvalue weighted by Crippen LogP contribution is -2.43. The number of amides is 1. The molecule has 0 bridgehead atoms. The maximum Gasteiger partial charge on any atom is 0.339 e. The van der Waals surface area contributed by atoms with Crippen LogP contribution in [0.4, 0.5) is 0 Å². The third kappa shape index (κ3) is 5.75. The molecule has 3 aromatic rings. The number of methoxy groups -OCH3 is 1. The van der Waals surface area contributed by atoms with Crippen LogP contribution in [-0.4, -0.2) is 68.0 Å². The molecule has 1 saturated heterocycles. The third-order valence-electron chi connectivity index (χ3n) is 7.72. The van der Waals surface area contributed by atoms with E-state index in [4.69, 9.17) is 14.5 Å². The fraction of sp³-hybridized carbons (Fsp3) is 0.387. The van der Waals surface area contributed by atoms with Gasteiger partial charge in [0.15, 0.2) is 16.4 Å². The van der Waals surface area contributed by atoms with E-state index in [-0.39, 0.29) is 23.5 Å². The zero-order valence-corrected chi connectivity index (χ0v) is 23.9. The molecule has 40 heavy (non-hydrogen) atoms. The number of pyridine rings is 1. The highest BCUT2D eigenvalue weighted by atomic mass is 32.2. The molecular formula is C31H34N2O6S. The van der Waals surface area contributed by atoms with Crippen LogP contribution in [0.1, 0.15) is 53.9 Å². The zero-order chi connectivity index (χ0) is 28.4. The summed E-state index contributed by atoms with van der Waals surface area (Å²) in [5.74, 6) is 0.104. The Morgan fingerprint density at radius 1 is 1.10 bits per heavy atom. The van der Waals surface area contributed by atoms with Gasteiger partial charge in [0.25, 0.3) is 5.91 Å². The fourth-order valence-electron chi connectivity index (χ4n) is 5.81. The van der Waals surface area contributed by atoms with Crippen molar-refractivity contribution < 1.29 is 27.5 Å². The lowest BCUT2D eigenvalue weighted by molar-refractivity contribution is -0.136. The molecule has 1 aliphatic carbocycles. The first-order valence-electron chi connectivity index (χ1n) is 13.6. The minimum Gasteiger partial charge on any atom is -0.497 e. The molecule has 2 aromatic carbocycles. The molecule has 2 aliphatic rings. The van der Waals surface area contributed by atoms with Crippen LogP contribution >= 0.6 is 0 Å². The monoisotopic (exact) mass is 562 g/mol. The highest BCUT2D eigenvalue weighted by molar-refractivity contribution is 7.91. The van der Waals surface area contributed by atoms with Crippen molar-refractivity contribution in [3.05, 3.63) is 70.9 Å². The quantitative estimate of drug-likeness (QED) is 0.389. The number of carbonyl (C=O) groups excluding carboxylic acids is 2. The van der Waals surface area contributed by atoms with Crippen molar-refractivity contribution in [2.24, 2.45) is 5.92 Å². The largest absolute Gasteiger partial charge is 0.497 e. The highest BCUT2D eigenvalue weighted by Crippen LogP contribution is 2.39. The Bertz CT molecular complexity index is 1580. The Morgan fingerprint density at radius 2 is 1.85 bits per heavy atom. The van der Waals surface area contributed by atoms with E-state index in [0.717, 1.165) is 34.6 Å². The van der Waals surface area contributed by atoms with Gasteiger partial charge in [-0.2, -0.15) is 0 Å². The highest BCUT2D eigenvalue weighted by Gasteiger charge is 2.35. The molecule has 210 valence electrons. The van der Waals surface area contributed by atoms with Gasteiger partial charge in [-0.05, 0) is 73.1 Å². The van der Waals surface area contributed by atoms with Crippen molar-refractivity contribution in [2.75, 3.05) is 31.8 Å². The predicted molar refractivity (Wildman–Crippen MR) is 155 cm³/mol. The summed E-state index contributed by atoms with van der Waals surface area (Å²) in [6.45, 7) is 3.85. The average Bonchev–Trinajstić information content (AvgIpc) is 3.30. The van der Waals surface area contributed by atoms with E-state index in [9.17, 15) is 18.0 Å². The van der Waals surface area contributed by atoms with Crippen molar-refractivity contribution in [2.45, 2.75) is 39.2 Å². The molecule has 2 heterocycles. The van der Waals surface area contributed by atoms with E-state index >= 15 is 0 Å². The zero-order valence-electron chi connectivity index (χ0n) is 23.1. The lowest BCUT2D eigenvalue weighted by atomic mass is 9.80. The number of hydrogen-bond donors (Lipinski definition) is 0. The first-order chi connectivity index (χ1) is 19.2. The summed E-state index contributed by atoms with van der Waals surface area (Å²) in [5, 5.41) is 0.686. The molecule has 2 unspecified atom stereocenters. The number of allylic oxidation sites excluding steroid dienone is 1. The van der Waals surface area contributed by atoms with Crippen LogP contribution in [0.25, 0.3) is 22.6 Å². The van der Waals surface area contributed by atoms with E-state index < -0.39 is 28.3 Å². The number of hydrogen-bond acceptors (Lipinski definition) is 7. The fourth-order valence-corrected chi connectivity index (χ4v) is 7.54. The molecule has 0 N–H and O–H groups in total. The summed E-state index contributed by atoms with van der Waals surface area (Å²) in [7, 11) is -1.52. The molecule has 1 aromatic heterocycles. The first kappa shape index (κ1) is 27.8. The second kappa shape index (κ2) is 11.4. The summed E-state index contributed by atoms with van der Waals surface area (Å²) >= 11 is 0. The van der Waals surface area contributed by atoms with Crippen molar-refractivity contribution in [1.29, 1.82) is 0 Å². The van der Waals surface area contributed by atoms with Gasteiger partial charge in [-0.3, -0.25) is 4.79 Å². The maximum absolute atomic E-state index is 13.7. The normalized spacial score (nSPS) is 20.7. The van der Waals surface area contributed by atoms with Gasteiger partial charge in [0, 0.05) is 18.0 Å². The van der Waals surface area contributed by atoms with Gasteiger partial charge in [-0.1, -0.05) is 37.3 Å². The number of rotatable bonds is 7. The molecule has 1 amide bonds. The van der Waals surface area contributed by atoms with Gasteiger partial charge in [-0.15, -0.1) is 0 Å². The van der Waals surface area contributed by atoms with Crippen LogP contribution in [0, 0.1) is 5.92 Å². The average molecular weight is 563 g/mol. The predicted octanol–water partition coefficient (Wildman–Crippen LogP) is 4.56. The molecule has 8 nitrogen and oxygen atoms in total. The van der Waals surface area contributed by atoms with Crippen LogP contribution < -0.4 is 4.74 Å². The van der Waals surface area contributed by atoms with Gasteiger partial charge in [0.05, 0.1) is 35.4 Å². The Morgan fingerprint density at radius 3 is 2.52 bits per heavy atom. The number of likely N-dealkylation sites (N-methyl/N-ethyl adjacent to an activating group) is 1. The molecular weight excluding hydrogens is 528 g/mol. The molecule has 0 radical (unpaired) electrons. The Labute approximate surface area is 234 Å². The van der Waals surface area contributed by atoms with Crippen LogP contribution in [0.15, 0.2) is 48.5 Å². The van der Waals surface area contributed by atoms with Crippen LogP contribution in [-0.2, 0) is 25.8 Å². The number of aromatic nitrogens is 1. The number of sulfone groups is 1. The number of carbonyl (C=O) groups is 2. The summed E-state index contributed by atoms with van der Waals surface area (Å²) < 4.78 is 34.8. The topological polar surface area (TPSA) is 103 Å². The second-order valence-corrected chi connectivity index (χ2v) is 12.8. The summed E-state index contributed by atoms with van der Waals surface area (Å²) in [6.07, 6.45) is 3.97. The molecule has 0 saturated carbocycles. The van der Waals surface area contributed by atoms with E-state index in [1.54, 1.807) is 14.0 Å². The summed E-state index contributed by atoms with van der Waals surface area (Å²) in [4.78, 5) is 33.2. The Balaban J connectivity index is 1.47. The summed E-state index contributed by atoms with van der Waals surface area (Å²) in [6, 6.07) is 14.9. The van der Waals surface area contributed by atoms with Gasteiger partial charge < -0.3 is 14.4 Å². The molecule has 2 atom stereocenters. The third-order valence-corrected chi connectivity index (χ3v) is 9.47. The summed E-state index contributed by atoms with van der Waals surface area (Å²) in [5.41, 5.74) is 4.76. The van der Waals surface area contributed by atoms with Gasteiger partial charge in [-0.25, -0.2) is 18.2 Å². The van der Waals surface area contributed by atoms with Crippen LogP contribution in [0.5, 0.6) is 5.75 Å².